The van der Waals surface area contributed by atoms with E-state index in [1.165, 1.54) is 0 Å². The molecule has 0 saturated heterocycles. The van der Waals surface area contributed by atoms with Crippen LogP contribution < -0.4 is 9.80 Å². The SMILES string of the molecule is Cc1cc(N(C)Cc2cnc(N(C)C)nc2)nc(C)n1. The Bertz CT molecular complexity index is 558. The zero-order valence-electron chi connectivity index (χ0n) is 12.6. The fourth-order valence-electron chi connectivity index (χ4n) is 1.91. The Morgan fingerprint density at radius 1 is 1.00 bits per heavy atom. The molecule has 20 heavy (non-hydrogen) atoms. The first-order valence-corrected chi connectivity index (χ1v) is 6.47. The van der Waals surface area contributed by atoms with Crippen molar-refractivity contribution in [2.24, 2.45) is 0 Å². The predicted octanol–water partition coefficient (Wildman–Crippen LogP) is 1.59. The zero-order valence-corrected chi connectivity index (χ0v) is 12.6. The van der Waals surface area contributed by atoms with Gasteiger partial charge in [-0.1, -0.05) is 0 Å². The van der Waals surface area contributed by atoms with Gasteiger partial charge in [-0.15, -0.1) is 0 Å². The third kappa shape index (κ3) is 3.40. The van der Waals surface area contributed by atoms with E-state index in [1.807, 2.05) is 58.4 Å². The van der Waals surface area contributed by atoms with Gasteiger partial charge in [0, 0.05) is 57.4 Å². The quantitative estimate of drug-likeness (QED) is 0.842. The van der Waals surface area contributed by atoms with Gasteiger partial charge in [0.2, 0.25) is 5.95 Å². The van der Waals surface area contributed by atoms with Crippen molar-refractivity contribution in [1.82, 2.24) is 19.9 Å². The summed E-state index contributed by atoms with van der Waals surface area (Å²) in [4.78, 5) is 21.3. The Morgan fingerprint density at radius 3 is 2.20 bits per heavy atom. The van der Waals surface area contributed by atoms with Crippen molar-refractivity contribution >= 4 is 11.8 Å². The summed E-state index contributed by atoms with van der Waals surface area (Å²) in [7, 11) is 5.85. The van der Waals surface area contributed by atoms with E-state index < -0.39 is 0 Å². The first-order chi connectivity index (χ1) is 9.45. The lowest BCUT2D eigenvalue weighted by molar-refractivity contribution is 0.857. The molecule has 106 valence electrons. The molecule has 2 heterocycles. The van der Waals surface area contributed by atoms with Crippen LogP contribution in [-0.4, -0.2) is 41.1 Å². The Kier molecular flexibility index (Phi) is 4.12. The number of rotatable bonds is 4. The summed E-state index contributed by atoms with van der Waals surface area (Å²) in [5.41, 5.74) is 2.02. The molecule has 0 radical (unpaired) electrons. The smallest absolute Gasteiger partial charge is 0.224 e. The molecule has 0 spiro atoms. The van der Waals surface area contributed by atoms with Crippen molar-refractivity contribution in [3.8, 4) is 0 Å². The van der Waals surface area contributed by atoms with Crippen molar-refractivity contribution in [2.75, 3.05) is 30.9 Å². The highest BCUT2D eigenvalue weighted by atomic mass is 15.2. The molecule has 0 aliphatic heterocycles. The van der Waals surface area contributed by atoms with Gasteiger partial charge >= 0.3 is 0 Å². The summed E-state index contributed by atoms with van der Waals surface area (Å²) >= 11 is 0. The van der Waals surface area contributed by atoms with E-state index in [0.717, 1.165) is 22.9 Å². The highest BCUT2D eigenvalue weighted by molar-refractivity contribution is 5.39. The summed E-state index contributed by atoms with van der Waals surface area (Å²) in [5.74, 6) is 2.41. The Hall–Kier alpha value is -2.24. The van der Waals surface area contributed by atoms with Gasteiger partial charge in [-0.25, -0.2) is 19.9 Å². The Labute approximate surface area is 119 Å². The molecule has 0 fully saturated rings. The number of anilines is 2. The van der Waals surface area contributed by atoms with Crippen molar-refractivity contribution < 1.29 is 0 Å². The standard InChI is InChI=1S/C14H20N6/c1-10-6-13(18-11(2)17-10)20(5)9-12-7-15-14(16-8-12)19(3)4/h6-8H,9H2,1-5H3. The lowest BCUT2D eigenvalue weighted by atomic mass is 10.3. The van der Waals surface area contributed by atoms with Crippen LogP contribution in [0.25, 0.3) is 0 Å². The molecule has 6 heteroatoms. The van der Waals surface area contributed by atoms with Crippen molar-refractivity contribution in [1.29, 1.82) is 0 Å². The molecule has 2 aromatic heterocycles. The fraction of sp³-hybridized carbons (Fsp3) is 0.429. The van der Waals surface area contributed by atoms with E-state index in [9.17, 15) is 0 Å². The van der Waals surface area contributed by atoms with E-state index in [0.29, 0.717) is 12.5 Å². The van der Waals surface area contributed by atoms with Gasteiger partial charge in [0.25, 0.3) is 0 Å². The number of aryl methyl sites for hydroxylation is 2. The van der Waals surface area contributed by atoms with E-state index in [2.05, 4.69) is 24.8 Å². The van der Waals surface area contributed by atoms with Crippen LogP contribution in [0, 0.1) is 13.8 Å². The summed E-state index contributed by atoms with van der Waals surface area (Å²) < 4.78 is 0. The van der Waals surface area contributed by atoms with Gasteiger partial charge in [0.05, 0.1) is 0 Å². The second kappa shape index (κ2) is 5.81. The number of nitrogens with zero attached hydrogens (tertiary/aromatic N) is 6. The van der Waals surface area contributed by atoms with Crippen LogP contribution in [0.1, 0.15) is 17.1 Å². The molecule has 0 N–H and O–H groups in total. The maximum absolute atomic E-state index is 4.44. The van der Waals surface area contributed by atoms with Crippen molar-refractivity contribution in [3.63, 3.8) is 0 Å². The monoisotopic (exact) mass is 272 g/mol. The topological polar surface area (TPSA) is 58.0 Å². The molecular weight excluding hydrogens is 252 g/mol. The van der Waals surface area contributed by atoms with Gasteiger partial charge < -0.3 is 9.80 Å². The Balaban J connectivity index is 2.12. The molecule has 0 bridgehead atoms. The van der Waals surface area contributed by atoms with Crippen LogP contribution in [0.4, 0.5) is 11.8 Å². The summed E-state index contributed by atoms with van der Waals surface area (Å²) in [6.07, 6.45) is 3.69. The first-order valence-electron chi connectivity index (χ1n) is 6.47. The second-order valence-corrected chi connectivity index (χ2v) is 5.06. The van der Waals surface area contributed by atoms with Crippen LogP contribution in [0.3, 0.4) is 0 Å². The van der Waals surface area contributed by atoms with Crippen LogP contribution in [0.2, 0.25) is 0 Å². The summed E-state index contributed by atoms with van der Waals surface area (Å²) in [6.45, 7) is 4.59. The highest BCUT2D eigenvalue weighted by Gasteiger charge is 2.07. The molecule has 0 saturated carbocycles. The van der Waals surface area contributed by atoms with Crippen molar-refractivity contribution in [3.05, 3.63) is 35.5 Å². The van der Waals surface area contributed by atoms with Gasteiger partial charge in [-0.2, -0.15) is 0 Å². The maximum atomic E-state index is 4.44. The average molecular weight is 272 g/mol. The van der Waals surface area contributed by atoms with Gasteiger partial charge in [0.1, 0.15) is 11.6 Å². The third-order valence-electron chi connectivity index (χ3n) is 2.86. The fourth-order valence-corrected chi connectivity index (χ4v) is 1.91. The van der Waals surface area contributed by atoms with Gasteiger partial charge in [0.15, 0.2) is 0 Å². The second-order valence-electron chi connectivity index (χ2n) is 5.06. The van der Waals surface area contributed by atoms with Crippen LogP contribution in [0.5, 0.6) is 0 Å². The number of hydrogen-bond donors (Lipinski definition) is 0. The highest BCUT2D eigenvalue weighted by Crippen LogP contribution is 2.14. The van der Waals surface area contributed by atoms with Crippen LogP contribution in [-0.2, 0) is 6.54 Å². The van der Waals surface area contributed by atoms with E-state index in [1.54, 1.807) is 0 Å². The van der Waals surface area contributed by atoms with E-state index in [4.69, 9.17) is 0 Å². The molecule has 0 aliphatic rings. The molecule has 0 aliphatic carbocycles. The minimum absolute atomic E-state index is 0.712. The first kappa shape index (κ1) is 14.2. The Morgan fingerprint density at radius 2 is 1.65 bits per heavy atom. The molecule has 2 rings (SSSR count). The average Bonchev–Trinajstić information content (AvgIpc) is 2.38. The molecule has 2 aromatic rings. The molecule has 0 unspecified atom stereocenters. The van der Waals surface area contributed by atoms with E-state index in [-0.39, 0.29) is 0 Å². The summed E-state index contributed by atoms with van der Waals surface area (Å²) in [6, 6.07) is 1.97. The minimum atomic E-state index is 0.712. The van der Waals surface area contributed by atoms with Crippen LogP contribution >= 0.6 is 0 Å². The zero-order chi connectivity index (χ0) is 14.7. The molecule has 0 atom stereocenters. The number of aromatic nitrogens is 4. The third-order valence-corrected chi connectivity index (χ3v) is 2.86. The van der Waals surface area contributed by atoms with Gasteiger partial charge in [-0.3, -0.25) is 0 Å². The maximum Gasteiger partial charge on any atom is 0.224 e. The lowest BCUT2D eigenvalue weighted by Gasteiger charge is -2.19. The van der Waals surface area contributed by atoms with E-state index >= 15 is 0 Å². The minimum Gasteiger partial charge on any atom is -0.355 e. The predicted molar refractivity (Wildman–Crippen MR) is 80.0 cm³/mol. The lowest BCUT2D eigenvalue weighted by Crippen LogP contribution is -2.19. The molecule has 6 nitrogen and oxygen atoms in total. The molecule has 0 amide bonds. The molecule has 0 aromatic carbocycles. The van der Waals surface area contributed by atoms with Gasteiger partial charge in [-0.05, 0) is 13.8 Å². The van der Waals surface area contributed by atoms with Crippen LogP contribution in [0.15, 0.2) is 18.5 Å². The number of hydrogen-bond acceptors (Lipinski definition) is 6. The normalized spacial score (nSPS) is 10.4. The summed E-state index contributed by atoms with van der Waals surface area (Å²) in [5, 5.41) is 0. The van der Waals surface area contributed by atoms with Crippen molar-refractivity contribution in [2.45, 2.75) is 20.4 Å². The molecular formula is C14H20N6. The largest absolute Gasteiger partial charge is 0.355 e.